The van der Waals surface area contributed by atoms with Crippen LogP contribution in [0, 0.1) is 13.8 Å². The van der Waals surface area contributed by atoms with E-state index in [2.05, 4.69) is 5.32 Å². The third-order valence-electron chi connectivity index (χ3n) is 5.73. The molecule has 0 heterocycles. The van der Waals surface area contributed by atoms with E-state index in [-0.39, 0.29) is 24.8 Å². The fourth-order valence-corrected chi connectivity index (χ4v) is 5.13. The van der Waals surface area contributed by atoms with Crippen LogP contribution in [-0.2, 0) is 26.2 Å². The molecule has 0 saturated carbocycles. The van der Waals surface area contributed by atoms with Crippen molar-refractivity contribution in [3.8, 4) is 0 Å². The zero-order chi connectivity index (χ0) is 25.5. The summed E-state index contributed by atoms with van der Waals surface area (Å²) in [6, 6.07) is 12.3. The molecule has 1 atom stereocenters. The predicted octanol–water partition coefficient (Wildman–Crippen LogP) is 4.06. The molecule has 0 aliphatic carbocycles. The standard InChI is InChI=1S/C25H34ClN3O4S/c1-6-22(25(31)27-4)28(17-20-11-7-10-18(2)16-20)24(30)14-9-15-29(34(5,32)33)23-13-8-12-21(26)19(23)3/h7-8,10-13,16,22H,6,9,14-15,17H2,1-5H3,(H,27,31)/t22-/m0/s1. The topological polar surface area (TPSA) is 86.8 Å². The molecule has 0 unspecified atom stereocenters. The number of anilines is 1. The lowest BCUT2D eigenvalue weighted by Crippen LogP contribution is -2.48. The van der Waals surface area contributed by atoms with E-state index in [4.69, 9.17) is 11.6 Å². The maximum absolute atomic E-state index is 13.3. The quantitative estimate of drug-likeness (QED) is 0.497. The normalized spacial score (nSPS) is 12.2. The zero-order valence-electron chi connectivity index (χ0n) is 20.5. The van der Waals surface area contributed by atoms with Gasteiger partial charge in [0.2, 0.25) is 21.8 Å². The van der Waals surface area contributed by atoms with Crippen LogP contribution >= 0.6 is 11.6 Å². The number of halogens is 1. The number of benzene rings is 2. The Morgan fingerprint density at radius 3 is 2.38 bits per heavy atom. The van der Waals surface area contributed by atoms with Crippen LogP contribution in [0.25, 0.3) is 0 Å². The van der Waals surface area contributed by atoms with E-state index in [1.54, 1.807) is 37.1 Å². The van der Waals surface area contributed by atoms with Gasteiger partial charge in [-0.2, -0.15) is 0 Å². The molecule has 0 spiro atoms. The van der Waals surface area contributed by atoms with Crippen LogP contribution < -0.4 is 9.62 Å². The Labute approximate surface area is 208 Å². The van der Waals surface area contributed by atoms with Gasteiger partial charge in [0, 0.05) is 31.6 Å². The molecule has 186 valence electrons. The highest BCUT2D eigenvalue weighted by Gasteiger charge is 2.28. The zero-order valence-corrected chi connectivity index (χ0v) is 22.0. The van der Waals surface area contributed by atoms with E-state index in [1.807, 2.05) is 38.1 Å². The minimum Gasteiger partial charge on any atom is -0.357 e. The van der Waals surface area contributed by atoms with Gasteiger partial charge in [0.25, 0.3) is 0 Å². The summed E-state index contributed by atoms with van der Waals surface area (Å²) in [5.41, 5.74) is 3.16. The molecule has 2 aromatic rings. The molecule has 0 saturated heterocycles. The molecule has 2 amide bonds. The maximum Gasteiger partial charge on any atom is 0.242 e. The van der Waals surface area contributed by atoms with E-state index in [9.17, 15) is 18.0 Å². The van der Waals surface area contributed by atoms with Gasteiger partial charge in [-0.15, -0.1) is 0 Å². The molecule has 0 bridgehead atoms. The van der Waals surface area contributed by atoms with Crippen molar-refractivity contribution >= 4 is 39.1 Å². The Kier molecular flexibility index (Phi) is 9.94. The van der Waals surface area contributed by atoms with E-state index >= 15 is 0 Å². The van der Waals surface area contributed by atoms with Crippen LogP contribution in [0.1, 0.15) is 42.9 Å². The number of hydrogen-bond acceptors (Lipinski definition) is 4. The Balaban J connectivity index is 2.23. The number of nitrogens with one attached hydrogen (secondary N) is 1. The second kappa shape index (κ2) is 12.2. The molecule has 9 heteroatoms. The number of carbonyl (C=O) groups excluding carboxylic acids is 2. The van der Waals surface area contributed by atoms with Crippen molar-refractivity contribution in [3.05, 3.63) is 64.2 Å². The van der Waals surface area contributed by atoms with Crippen molar-refractivity contribution in [2.45, 2.75) is 52.6 Å². The summed E-state index contributed by atoms with van der Waals surface area (Å²) < 4.78 is 26.3. The van der Waals surface area contributed by atoms with Crippen LogP contribution in [0.2, 0.25) is 5.02 Å². The molecule has 2 rings (SSSR count). The summed E-state index contributed by atoms with van der Waals surface area (Å²) in [5.74, 6) is -0.427. The molecule has 0 fully saturated rings. The van der Waals surface area contributed by atoms with E-state index in [0.717, 1.165) is 17.4 Å². The summed E-state index contributed by atoms with van der Waals surface area (Å²) >= 11 is 6.20. The lowest BCUT2D eigenvalue weighted by Gasteiger charge is -2.31. The Morgan fingerprint density at radius 1 is 1.12 bits per heavy atom. The molecular weight excluding hydrogens is 474 g/mol. The molecule has 7 nitrogen and oxygen atoms in total. The van der Waals surface area contributed by atoms with E-state index in [1.165, 1.54) is 4.31 Å². The fourth-order valence-electron chi connectivity index (χ4n) is 3.94. The van der Waals surface area contributed by atoms with Crippen molar-refractivity contribution in [2.24, 2.45) is 0 Å². The number of carbonyl (C=O) groups is 2. The van der Waals surface area contributed by atoms with Gasteiger partial charge >= 0.3 is 0 Å². The summed E-state index contributed by atoms with van der Waals surface area (Å²) in [7, 11) is -2.03. The van der Waals surface area contributed by atoms with Crippen molar-refractivity contribution in [2.75, 3.05) is 24.2 Å². The monoisotopic (exact) mass is 507 g/mol. The maximum atomic E-state index is 13.3. The largest absolute Gasteiger partial charge is 0.357 e. The van der Waals surface area contributed by atoms with Crippen LogP contribution in [0.4, 0.5) is 5.69 Å². The number of sulfonamides is 1. The fraction of sp³-hybridized carbons (Fsp3) is 0.440. The summed E-state index contributed by atoms with van der Waals surface area (Å²) in [6.07, 6.45) is 2.00. The van der Waals surface area contributed by atoms with Crippen molar-refractivity contribution in [1.82, 2.24) is 10.2 Å². The van der Waals surface area contributed by atoms with Gasteiger partial charge in [-0.25, -0.2) is 8.42 Å². The van der Waals surface area contributed by atoms with Crippen molar-refractivity contribution in [3.63, 3.8) is 0 Å². The molecule has 34 heavy (non-hydrogen) atoms. The lowest BCUT2D eigenvalue weighted by atomic mass is 10.1. The van der Waals surface area contributed by atoms with Gasteiger partial charge in [0.05, 0.1) is 11.9 Å². The highest BCUT2D eigenvalue weighted by molar-refractivity contribution is 7.92. The highest BCUT2D eigenvalue weighted by Crippen LogP contribution is 2.28. The van der Waals surface area contributed by atoms with Gasteiger partial charge in [0.15, 0.2) is 0 Å². The minimum atomic E-state index is -3.58. The Morgan fingerprint density at radius 2 is 1.79 bits per heavy atom. The highest BCUT2D eigenvalue weighted by atomic mass is 35.5. The number of aryl methyl sites for hydroxylation is 1. The predicted molar refractivity (Wildman–Crippen MR) is 137 cm³/mol. The Bertz CT molecular complexity index is 1120. The average Bonchev–Trinajstić information content (AvgIpc) is 2.77. The lowest BCUT2D eigenvalue weighted by molar-refractivity contribution is -0.141. The van der Waals surface area contributed by atoms with Gasteiger partial charge in [-0.3, -0.25) is 13.9 Å². The molecular formula is C25H34ClN3O4S. The molecule has 1 N–H and O–H groups in total. The summed E-state index contributed by atoms with van der Waals surface area (Å²) in [4.78, 5) is 27.4. The Hall–Kier alpha value is -2.58. The van der Waals surface area contributed by atoms with Gasteiger partial charge in [-0.1, -0.05) is 54.4 Å². The third-order valence-corrected chi connectivity index (χ3v) is 7.32. The smallest absolute Gasteiger partial charge is 0.242 e. The summed E-state index contributed by atoms with van der Waals surface area (Å²) in [5, 5.41) is 3.12. The minimum absolute atomic E-state index is 0.102. The van der Waals surface area contributed by atoms with Gasteiger partial charge in [-0.05, 0) is 49.9 Å². The first kappa shape index (κ1) is 27.7. The molecule has 0 radical (unpaired) electrons. The average molecular weight is 508 g/mol. The second-order valence-electron chi connectivity index (χ2n) is 8.37. The first-order valence-electron chi connectivity index (χ1n) is 11.3. The third kappa shape index (κ3) is 7.21. The first-order chi connectivity index (χ1) is 16.0. The SMILES string of the molecule is CC[C@@H](C(=O)NC)N(Cc1cccc(C)c1)C(=O)CCCN(c1cccc(Cl)c1C)S(C)(=O)=O. The van der Waals surface area contributed by atoms with Crippen LogP contribution in [-0.4, -0.2) is 51.0 Å². The number of likely N-dealkylation sites (N-methyl/N-ethyl adjacent to an activating group) is 1. The number of hydrogen-bond donors (Lipinski definition) is 1. The van der Waals surface area contributed by atoms with Crippen molar-refractivity contribution in [1.29, 1.82) is 0 Å². The summed E-state index contributed by atoms with van der Waals surface area (Å²) in [6.45, 7) is 6.03. The molecule has 2 aromatic carbocycles. The van der Waals surface area contributed by atoms with Crippen LogP contribution in [0.5, 0.6) is 0 Å². The van der Waals surface area contributed by atoms with Gasteiger partial charge in [0.1, 0.15) is 6.04 Å². The van der Waals surface area contributed by atoms with E-state index in [0.29, 0.717) is 35.7 Å². The molecule has 0 aliphatic heterocycles. The number of rotatable bonds is 11. The van der Waals surface area contributed by atoms with Crippen LogP contribution in [0.15, 0.2) is 42.5 Å². The number of amides is 2. The van der Waals surface area contributed by atoms with Crippen LogP contribution in [0.3, 0.4) is 0 Å². The molecule has 0 aliphatic rings. The second-order valence-corrected chi connectivity index (χ2v) is 10.7. The number of nitrogens with zero attached hydrogens (tertiary/aromatic N) is 2. The van der Waals surface area contributed by atoms with Crippen molar-refractivity contribution < 1.29 is 18.0 Å². The van der Waals surface area contributed by atoms with E-state index < -0.39 is 16.1 Å². The molecule has 0 aromatic heterocycles. The van der Waals surface area contributed by atoms with Gasteiger partial charge < -0.3 is 10.2 Å². The first-order valence-corrected chi connectivity index (χ1v) is 13.5.